The molecule has 0 aliphatic heterocycles. The molecule has 0 fully saturated rings. The molecule has 0 unspecified atom stereocenters. The number of anilines is 1. The Morgan fingerprint density at radius 3 is 2.30 bits per heavy atom. The minimum absolute atomic E-state index is 0.240. The van der Waals surface area contributed by atoms with Crippen LogP contribution in [0.3, 0.4) is 0 Å². The van der Waals surface area contributed by atoms with E-state index in [9.17, 15) is 14.4 Å². The minimum Gasteiger partial charge on any atom is -0.480 e. The minimum atomic E-state index is -1.11. The molecule has 1 aromatic carbocycles. The van der Waals surface area contributed by atoms with Crippen LogP contribution in [0.25, 0.3) is 0 Å². The molecular weight excluding hydrogens is 262 g/mol. The number of carbonyl (C=O) groups excluding carboxylic acids is 2. The lowest BCUT2D eigenvalue weighted by molar-refractivity contribution is -0.135. The second-order valence-corrected chi connectivity index (χ2v) is 4.10. The summed E-state index contributed by atoms with van der Waals surface area (Å²) in [5.41, 5.74) is 0.887. The van der Waals surface area contributed by atoms with E-state index in [0.717, 1.165) is 0 Å². The van der Waals surface area contributed by atoms with E-state index >= 15 is 0 Å². The van der Waals surface area contributed by atoms with E-state index in [1.165, 1.54) is 17.0 Å². The highest BCUT2D eigenvalue weighted by Gasteiger charge is 2.09. The van der Waals surface area contributed by atoms with Crippen LogP contribution in [0.1, 0.15) is 17.3 Å². The summed E-state index contributed by atoms with van der Waals surface area (Å²) in [5.74, 6) is -1.58. The summed E-state index contributed by atoms with van der Waals surface area (Å²) < 4.78 is 0. The van der Waals surface area contributed by atoms with Crippen LogP contribution in [0.4, 0.5) is 10.5 Å². The van der Waals surface area contributed by atoms with E-state index in [1.807, 2.05) is 6.92 Å². The van der Waals surface area contributed by atoms with Crippen molar-refractivity contribution in [3.8, 4) is 0 Å². The van der Waals surface area contributed by atoms with Gasteiger partial charge in [0.05, 0.1) is 0 Å². The number of benzene rings is 1. The predicted octanol–water partition coefficient (Wildman–Crippen LogP) is 0.985. The fourth-order valence-corrected chi connectivity index (χ4v) is 1.33. The Balaban J connectivity index is 2.62. The van der Waals surface area contributed by atoms with Crippen molar-refractivity contribution in [3.63, 3.8) is 0 Å². The van der Waals surface area contributed by atoms with E-state index in [4.69, 9.17) is 5.11 Å². The maximum absolute atomic E-state index is 11.6. The van der Waals surface area contributed by atoms with Crippen LogP contribution in [0.15, 0.2) is 24.3 Å². The predicted molar refractivity (Wildman–Crippen MR) is 73.7 cm³/mol. The topological polar surface area (TPSA) is 98.7 Å². The van der Waals surface area contributed by atoms with Crippen LogP contribution in [0.5, 0.6) is 0 Å². The summed E-state index contributed by atoms with van der Waals surface area (Å²) in [7, 11) is 1.67. The Morgan fingerprint density at radius 1 is 1.20 bits per heavy atom. The van der Waals surface area contributed by atoms with E-state index in [2.05, 4.69) is 10.6 Å². The van der Waals surface area contributed by atoms with Gasteiger partial charge in [-0.05, 0) is 31.2 Å². The van der Waals surface area contributed by atoms with Crippen molar-refractivity contribution in [1.82, 2.24) is 10.2 Å². The SMILES string of the molecule is CCN(C)C(=O)Nc1ccc(C(=O)NCC(=O)O)cc1. The second-order valence-electron chi connectivity index (χ2n) is 4.10. The third-order valence-electron chi connectivity index (χ3n) is 2.62. The zero-order valence-corrected chi connectivity index (χ0v) is 11.3. The van der Waals surface area contributed by atoms with Gasteiger partial charge in [0.2, 0.25) is 0 Å². The standard InChI is InChI=1S/C13H17N3O4/c1-3-16(2)13(20)15-10-6-4-9(5-7-10)12(19)14-8-11(17)18/h4-7H,3,8H2,1-2H3,(H,14,19)(H,15,20)(H,17,18). The highest BCUT2D eigenvalue weighted by Crippen LogP contribution is 2.10. The zero-order chi connectivity index (χ0) is 15.1. The Hall–Kier alpha value is -2.57. The average molecular weight is 279 g/mol. The van der Waals surface area contributed by atoms with Crippen LogP contribution >= 0.6 is 0 Å². The molecular formula is C13H17N3O4. The molecule has 20 heavy (non-hydrogen) atoms. The first-order valence-corrected chi connectivity index (χ1v) is 6.06. The third kappa shape index (κ3) is 4.60. The van der Waals surface area contributed by atoms with Gasteiger partial charge in [-0.1, -0.05) is 0 Å². The molecule has 108 valence electrons. The molecule has 0 saturated heterocycles. The number of carboxylic acids is 1. The Morgan fingerprint density at radius 2 is 1.80 bits per heavy atom. The summed E-state index contributed by atoms with van der Waals surface area (Å²) in [6, 6.07) is 5.95. The van der Waals surface area contributed by atoms with Crippen molar-refractivity contribution in [2.45, 2.75) is 6.92 Å². The smallest absolute Gasteiger partial charge is 0.322 e. The number of urea groups is 1. The normalized spacial score (nSPS) is 9.70. The molecule has 0 atom stereocenters. The van der Waals surface area contributed by atoms with Gasteiger partial charge in [-0.25, -0.2) is 4.79 Å². The van der Waals surface area contributed by atoms with Crippen LogP contribution in [0.2, 0.25) is 0 Å². The first kappa shape index (κ1) is 15.5. The fourth-order valence-electron chi connectivity index (χ4n) is 1.33. The summed E-state index contributed by atoms with van der Waals surface area (Å²) in [6.45, 7) is 2.01. The number of amides is 3. The largest absolute Gasteiger partial charge is 0.480 e. The van der Waals surface area contributed by atoms with Crippen LogP contribution in [0, 0.1) is 0 Å². The van der Waals surface area contributed by atoms with Gasteiger partial charge >= 0.3 is 12.0 Å². The maximum atomic E-state index is 11.6. The van der Waals surface area contributed by atoms with Crippen LogP contribution in [-0.4, -0.2) is 48.1 Å². The molecule has 0 saturated carbocycles. The Kier molecular flexibility index (Phi) is 5.52. The van der Waals surface area contributed by atoms with Crippen molar-refractivity contribution in [2.24, 2.45) is 0 Å². The highest BCUT2D eigenvalue weighted by molar-refractivity contribution is 5.96. The number of nitrogens with one attached hydrogen (secondary N) is 2. The van der Waals surface area contributed by atoms with Crippen molar-refractivity contribution in [1.29, 1.82) is 0 Å². The van der Waals surface area contributed by atoms with Crippen molar-refractivity contribution >= 4 is 23.6 Å². The van der Waals surface area contributed by atoms with Crippen LogP contribution in [-0.2, 0) is 4.79 Å². The highest BCUT2D eigenvalue weighted by atomic mass is 16.4. The monoisotopic (exact) mass is 279 g/mol. The summed E-state index contributed by atoms with van der Waals surface area (Å²) >= 11 is 0. The van der Waals surface area contributed by atoms with Crippen molar-refractivity contribution in [3.05, 3.63) is 29.8 Å². The lowest BCUT2D eigenvalue weighted by Crippen LogP contribution is -2.31. The van der Waals surface area contributed by atoms with Crippen molar-refractivity contribution in [2.75, 3.05) is 25.5 Å². The summed E-state index contributed by atoms with van der Waals surface area (Å²) in [5, 5.41) is 13.4. The molecule has 3 amide bonds. The van der Waals surface area contributed by atoms with Crippen LogP contribution < -0.4 is 10.6 Å². The van der Waals surface area contributed by atoms with Gasteiger partial charge in [0, 0.05) is 24.8 Å². The van der Waals surface area contributed by atoms with E-state index in [0.29, 0.717) is 17.8 Å². The number of aliphatic carboxylic acids is 1. The second kappa shape index (κ2) is 7.13. The van der Waals surface area contributed by atoms with Gasteiger partial charge in [-0.15, -0.1) is 0 Å². The fraction of sp³-hybridized carbons (Fsp3) is 0.308. The molecule has 0 heterocycles. The van der Waals surface area contributed by atoms with E-state index < -0.39 is 18.4 Å². The Bertz CT molecular complexity index is 499. The lowest BCUT2D eigenvalue weighted by Gasteiger charge is -2.15. The maximum Gasteiger partial charge on any atom is 0.322 e. The third-order valence-corrected chi connectivity index (χ3v) is 2.62. The number of rotatable bonds is 5. The number of carbonyl (C=O) groups is 3. The van der Waals surface area contributed by atoms with Gasteiger partial charge < -0.3 is 20.6 Å². The van der Waals surface area contributed by atoms with E-state index in [1.54, 1.807) is 19.2 Å². The quantitative estimate of drug-likeness (QED) is 0.748. The van der Waals surface area contributed by atoms with Gasteiger partial charge in [0.15, 0.2) is 0 Å². The molecule has 7 heteroatoms. The molecule has 0 aliphatic carbocycles. The lowest BCUT2D eigenvalue weighted by atomic mass is 10.2. The average Bonchev–Trinajstić information content (AvgIpc) is 2.44. The van der Waals surface area contributed by atoms with Gasteiger partial charge in [-0.2, -0.15) is 0 Å². The van der Waals surface area contributed by atoms with Gasteiger partial charge in [-0.3, -0.25) is 9.59 Å². The molecule has 3 N–H and O–H groups in total. The Labute approximate surface area is 116 Å². The number of hydrogen-bond acceptors (Lipinski definition) is 3. The molecule has 0 aliphatic rings. The number of nitrogens with zero attached hydrogens (tertiary/aromatic N) is 1. The van der Waals surface area contributed by atoms with E-state index in [-0.39, 0.29) is 6.03 Å². The molecule has 1 aromatic rings. The zero-order valence-electron chi connectivity index (χ0n) is 11.3. The molecule has 0 radical (unpaired) electrons. The molecule has 0 aromatic heterocycles. The van der Waals surface area contributed by atoms with Gasteiger partial charge in [0.1, 0.15) is 6.54 Å². The molecule has 0 spiro atoms. The molecule has 7 nitrogen and oxygen atoms in total. The molecule has 0 bridgehead atoms. The summed E-state index contributed by atoms with van der Waals surface area (Å²) in [4.78, 5) is 35.0. The van der Waals surface area contributed by atoms with Crippen molar-refractivity contribution < 1.29 is 19.5 Å². The first-order chi connectivity index (χ1) is 9.43. The number of carboxylic acid groups (broad SMARTS) is 1. The summed E-state index contributed by atoms with van der Waals surface area (Å²) in [6.07, 6.45) is 0. The first-order valence-electron chi connectivity index (χ1n) is 6.06. The molecule has 1 rings (SSSR count). The van der Waals surface area contributed by atoms with Gasteiger partial charge in [0.25, 0.3) is 5.91 Å². The number of hydrogen-bond donors (Lipinski definition) is 3.